The van der Waals surface area contributed by atoms with Crippen molar-refractivity contribution in [1.29, 1.82) is 0 Å². The zero-order valence-corrected chi connectivity index (χ0v) is 8.03. The second-order valence-corrected chi connectivity index (χ2v) is 2.81. The molecule has 0 aliphatic heterocycles. The summed E-state index contributed by atoms with van der Waals surface area (Å²) in [4.78, 5) is 0. The fraction of sp³-hybridized carbons (Fsp3) is 0.300. The fourth-order valence-corrected chi connectivity index (χ4v) is 1.03. The second kappa shape index (κ2) is 5.21. The van der Waals surface area contributed by atoms with Crippen LogP contribution in [0.1, 0.15) is 18.9 Å². The predicted molar refractivity (Wildman–Crippen MR) is 54.0 cm³/mol. The number of ether oxygens (including phenoxy) is 1. The van der Waals surface area contributed by atoms with Gasteiger partial charge in [-0.1, -0.05) is 6.92 Å². The third-order valence-electron chi connectivity index (χ3n) is 1.65. The lowest BCUT2D eigenvalue weighted by Crippen LogP contribution is -1.99. The lowest BCUT2D eigenvalue weighted by atomic mass is 10.2. The Morgan fingerprint density at radius 2 is 2.36 bits per heavy atom. The van der Waals surface area contributed by atoms with E-state index in [1.807, 2.05) is 6.92 Å². The molecule has 4 heteroatoms. The van der Waals surface area contributed by atoms with Gasteiger partial charge in [0.05, 0.1) is 12.8 Å². The topological polar surface area (TPSA) is 47.6 Å². The van der Waals surface area contributed by atoms with Gasteiger partial charge in [0.2, 0.25) is 0 Å². The summed E-state index contributed by atoms with van der Waals surface area (Å²) >= 11 is 0. The summed E-state index contributed by atoms with van der Waals surface area (Å²) in [6, 6.07) is 4.25. The Balaban J connectivity index is 2.90. The van der Waals surface area contributed by atoms with E-state index in [1.54, 1.807) is 6.07 Å². The molecule has 1 aromatic carbocycles. The highest BCUT2D eigenvalue weighted by Crippen LogP contribution is 2.18. The highest BCUT2D eigenvalue weighted by Gasteiger charge is 2.02. The van der Waals surface area contributed by atoms with Crippen LogP contribution in [0.4, 0.5) is 4.39 Å². The van der Waals surface area contributed by atoms with E-state index in [9.17, 15) is 4.39 Å². The van der Waals surface area contributed by atoms with Gasteiger partial charge in [-0.25, -0.2) is 4.39 Å². The Labute approximate surface area is 82.4 Å². The third kappa shape index (κ3) is 2.73. The van der Waals surface area contributed by atoms with Crippen LogP contribution in [0.3, 0.4) is 0 Å². The molecule has 0 radical (unpaired) electrons. The van der Waals surface area contributed by atoms with Crippen molar-refractivity contribution in [2.45, 2.75) is 13.3 Å². The third-order valence-corrected chi connectivity index (χ3v) is 1.65. The van der Waals surface area contributed by atoms with Gasteiger partial charge in [0.25, 0.3) is 0 Å². The van der Waals surface area contributed by atoms with Crippen molar-refractivity contribution >= 4 is 6.21 Å². The molecule has 0 aromatic heterocycles. The number of benzene rings is 1. The first-order valence-corrected chi connectivity index (χ1v) is 4.43. The number of halogens is 1. The molecule has 0 fully saturated rings. The monoisotopic (exact) mass is 196 g/mol. The molecule has 1 rings (SSSR count). The lowest BCUT2D eigenvalue weighted by molar-refractivity contribution is 0.315. The van der Waals surface area contributed by atoms with E-state index in [0.717, 1.165) is 6.42 Å². The Hall–Kier alpha value is -1.58. The van der Waals surface area contributed by atoms with E-state index in [1.165, 1.54) is 18.3 Å². The average Bonchev–Trinajstić information content (AvgIpc) is 2.18. The minimum Gasteiger partial charge on any atom is -0.493 e. The van der Waals surface area contributed by atoms with E-state index in [0.29, 0.717) is 17.9 Å². The lowest BCUT2D eigenvalue weighted by Gasteiger charge is -2.07. The van der Waals surface area contributed by atoms with Gasteiger partial charge in [0.15, 0.2) is 0 Å². The van der Waals surface area contributed by atoms with Gasteiger partial charge < -0.3 is 10.6 Å². The fourth-order valence-electron chi connectivity index (χ4n) is 1.03. The van der Waals surface area contributed by atoms with Crippen LogP contribution >= 0.6 is 0 Å². The van der Waals surface area contributed by atoms with E-state index in [2.05, 4.69) is 5.10 Å². The maximum absolute atomic E-state index is 12.9. The molecule has 0 aliphatic carbocycles. The number of hydrogen-bond donors (Lipinski definition) is 1. The van der Waals surface area contributed by atoms with Gasteiger partial charge >= 0.3 is 0 Å². The molecule has 0 bridgehead atoms. The minimum atomic E-state index is -0.328. The average molecular weight is 196 g/mol. The Morgan fingerprint density at radius 3 is 3.00 bits per heavy atom. The Bertz CT molecular complexity index is 326. The Morgan fingerprint density at radius 1 is 1.57 bits per heavy atom. The smallest absolute Gasteiger partial charge is 0.131 e. The predicted octanol–water partition coefficient (Wildman–Crippen LogP) is 1.91. The van der Waals surface area contributed by atoms with Crippen LogP contribution in [-0.2, 0) is 0 Å². The van der Waals surface area contributed by atoms with E-state index >= 15 is 0 Å². The van der Waals surface area contributed by atoms with Crippen molar-refractivity contribution in [3.05, 3.63) is 29.6 Å². The highest BCUT2D eigenvalue weighted by molar-refractivity contribution is 5.83. The maximum Gasteiger partial charge on any atom is 0.131 e. The van der Waals surface area contributed by atoms with Gasteiger partial charge in [0.1, 0.15) is 11.6 Å². The van der Waals surface area contributed by atoms with Crippen LogP contribution in [0.2, 0.25) is 0 Å². The molecule has 0 spiro atoms. The number of hydrazone groups is 1. The largest absolute Gasteiger partial charge is 0.493 e. The number of nitrogens with zero attached hydrogens (tertiary/aromatic N) is 1. The molecule has 0 saturated heterocycles. The molecule has 0 unspecified atom stereocenters. The summed E-state index contributed by atoms with van der Waals surface area (Å²) in [6.45, 7) is 2.53. The van der Waals surface area contributed by atoms with Gasteiger partial charge in [-0.15, -0.1) is 0 Å². The quantitative estimate of drug-likeness (QED) is 0.454. The molecule has 0 atom stereocenters. The molecule has 0 saturated carbocycles. The second-order valence-electron chi connectivity index (χ2n) is 2.81. The Kier molecular flexibility index (Phi) is 3.91. The number of hydrogen-bond acceptors (Lipinski definition) is 3. The van der Waals surface area contributed by atoms with Gasteiger partial charge in [-0.05, 0) is 18.6 Å². The molecular weight excluding hydrogens is 183 g/mol. The zero-order chi connectivity index (χ0) is 10.4. The van der Waals surface area contributed by atoms with Crippen molar-refractivity contribution < 1.29 is 9.13 Å². The van der Waals surface area contributed by atoms with Crippen molar-refractivity contribution in [3.63, 3.8) is 0 Å². The summed E-state index contributed by atoms with van der Waals surface area (Å²) < 4.78 is 18.2. The van der Waals surface area contributed by atoms with Crippen LogP contribution in [0.25, 0.3) is 0 Å². The maximum atomic E-state index is 12.9. The van der Waals surface area contributed by atoms with Gasteiger partial charge in [-0.3, -0.25) is 0 Å². The molecule has 3 nitrogen and oxygen atoms in total. The normalized spacial score (nSPS) is 10.7. The molecule has 76 valence electrons. The van der Waals surface area contributed by atoms with Crippen molar-refractivity contribution in [2.75, 3.05) is 6.61 Å². The van der Waals surface area contributed by atoms with Crippen LogP contribution in [0.15, 0.2) is 23.3 Å². The summed E-state index contributed by atoms with van der Waals surface area (Å²) in [7, 11) is 0. The van der Waals surface area contributed by atoms with Crippen LogP contribution < -0.4 is 10.6 Å². The molecule has 2 N–H and O–H groups in total. The standard InChI is InChI=1S/C10H13FN2O/c1-2-5-14-10-6-9(11)4-3-8(10)7-13-12/h3-4,6-7H,2,5,12H2,1H3. The summed E-state index contributed by atoms with van der Waals surface area (Å²) in [6.07, 6.45) is 2.31. The molecular formula is C10H13FN2O. The van der Waals surface area contributed by atoms with Crippen molar-refractivity contribution in [1.82, 2.24) is 0 Å². The molecule has 0 amide bonds. The van der Waals surface area contributed by atoms with Crippen molar-refractivity contribution in [3.8, 4) is 5.75 Å². The zero-order valence-electron chi connectivity index (χ0n) is 8.03. The first kappa shape index (κ1) is 10.5. The first-order chi connectivity index (χ1) is 6.77. The molecule has 14 heavy (non-hydrogen) atoms. The summed E-state index contributed by atoms with van der Waals surface area (Å²) in [5.41, 5.74) is 0.683. The van der Waals surface area contributed by atoms with E-state index in [-0.39, 0.29) is 5.82 Å². The van der Waals surface area contributed by atoms with E-state index < -0.39 is 0 Å². The molecule has 1 aromatic rings. The van der Waals surface area contributed by atoms with Crippen LogP contribution in [0, 0.1) is 5.82 Å². The van der Waals surface area contributed by atoms with Crippen LogP contribution in [-0.4, -0.2) is 12.8 Å². The molecule has 0 heterocycles. The highest BCUT2D eigenvalue weighted by atomic mass is 19.1. The summed E-state index contributed by atoms with van der Waals surface area (Å²) in [5, 5.41) is 3.38. The van der Waals surface area contributed by atoms with Crippen molar-refractivity contribution in [2.24, 2.45) is 10.9 Å². The van der Waals surface area contributed by atoms with E-state index in [4.69, 9.17) is 10.6 Å². The number of nitrogens with two attached hydrogens (primary N) is 1. The number of rotatable bonds is 4. The SMILES string of the molecule is CCCOc1cc(F)ccc1C=NN. The summed E-state index contributed by atoms with van der Waals surface area (Å²) in [5.74, 6) is 5.16. The minimum absolute atomic E-state index is 0.328. The van der Waals surface area contributed by atoms with Gasteiger partial charge in [0, 0.05) is 11.6 Å². The van der Waals surface area contributed by atoms with Gasteiger partial charge in [-0.2, -0.15) is 5.10 Å². The van der Waals surface area contributed by atoms with Crippen LogP contribution in [0.5, 0.6) is 5.75 Å². The molecule has 0 aliphatic rings. The first-order valence-electron chi connectivity index (χ1n) is 4.43.